The monoisotopic (exact) mass is 350 g/mol. The third-order valence-electron chi connectivity index (χ3n) is 5.86. The lowest BCUT2D eigenvalue weighted by molar-refractivity contribution is -0.0447. The summed E-state index contributed by atoms with van der Waals surface area (Å²) in [6.45, 7) is 6.26. The zero-order valence-electron chi connectivity index (χ0n) is 16.7. The summed E-state index contributed by atoms with van der Waals surface area (Å²) in [5, 5.41) is 1.09. The van der Waals surface area contributed by atoms with Gasteiger partial charge in [-0.3, -0.25) is 4.90 Å². The highest BCUT2D eigenvalue weighted by Crippen LogP contribution is 2.38. The first kappa shape index (κ1) is 18.1. The highest BCUT2D eigenvalue weighted by atomic mass is 16.5. The van der Waals surface area contributed by atoms with Gasteiger partial charge in [0.25, 0.3) is 0 Å². The Morgan fingerprint density at radius 3 is 2.69 bits per heavy atom. The Morgan fingerprint density at radius 1 is 1.27 bits per heavy atom. The van der Waals surface area contributed by atoms with Gasteiger partial charge < -0.3 is 14.5 Å². The maximum absolute atomic E-state index is 6.36. The third-order valence-corrected chi connectivity index (χ3v) is 5.86. The quantitative estimate of drug-likeness (QED) is 0.817. The second-order valence-corrected chi connectivity index (χ2v) is 9.06. The first-order valence-corrected chi connectivity index (χ1v) is 10.0. The number of likely N-dealkylation sites (tertiary alicyclic amines) is 1. The van der Waals surface area contributed by atoms with Crippen molar-refractivity contribution < 1.29 is 9.47 Å². The molecule has 0 bridgehead atoms. The molecule has 1 aromatic heterocycles. The summed E-state index contributed by atoms with van der Waals surface area (Å²) in [4.78, 5) is 5.97. The molecule has 1 aromatic carbocycles. The zero-order chi connectivity index (χ0) is 18.4. The molecule has 136 valence electrons. The molecule has 0 amide bonds. The van der Waals surface area contributed by atoms with Crippen molar-refractivity contribution in [2.75, 3.05) is 19.7 Å². The van der Waals surface area contributed by atoms with Gasteiger partial charge in [0.1, 0.15) is 29.3 Å². The summed E-state index contributed by atoms with van der Waals surface area (Å²) in [6, 6.07) is 4.39. The van der Waals surface area contributed by atoms with E-state index in [1.54, 1.807) is 0 Å². The highest BCUT2D eigenvalue weighted by Gasteiger charge is 2.38. The number of ether oxygens (including phenoxy) is 2. The van der Waals surface area contributed by atoms with E-state index >= 15 is 0 Å². The van der Waals surface area contributed by atoms with Crippen molar-refractivity contribution in [1.82, 2.24) is 9.88 Å². The lowest BCUT2D eigenvalue weighted by Crippen LogP contribution is -2.43. The molecule has 7 heteroatoms. The van der Waals surface area contributed by atoms with Crippen LogP contribution in [-0.4, -0.2) is 64.0 Å². The van der Waals surface area contributed by atoms with Crippen molar-refractivity contribution in [3.63, 3.8) is 0 Å². The molecule has 0 unspecified atom stereocenters. The number of aromatic nitrogens is 1. The molecule has 0 aliphatic carbocycles. The van der Waals surface area contributed by atoms with E-state index in [2.05, 4.69) is 52.5 Å². The van der Waals surface area contributed by atoms with Crippen LogP contribution in [0.5, 0.6) is 5.75 Å². The van der Waals surface area contributed by atoms with Gasteiger partial charge in [-0.15, -0.1) is 0 Å². The minimum Gasteiger partial charge on any atom is -0.513 e. The number of aromatic amines is 1. The average Bonchev–Trinajstić information content (AvgIpc) is 3.22. The second kappa shape index (κ2) is 6.68. The Hall–Kier alpha value is -1.33. The maximum Gasteiger partial charge on any atom is 0.135 e. The number of benzene rings is 1. The summed E-state index contributed by atoms with van der Waals surface area (Å²) < 4.78 is 12.4. The van der Waals surface area contributed by atoms with E-state index in [4.69, 9.17) is 9.47 Å². The van der Waals surface area contributed by atoms with Gasteiger partial charge in [-0.1, -0.05) is 0 Å². The molecule has 3 heterocycles. The van der Waals surface area contributed by atoms with Crippen molar-refractivity contribution in [3.05, 3.63) is 29.5 Å². The summed E-state index contributed by atoms with van der Waals surface area (Å²) in [6.07, 6.45) is 6.83. The SMILES string of the molecule is BC(B)(B)Oc1cc(C)c2[nH]ccc2c1CN1CCC2(CCCO2)CC1. The van der Waals surface area contributed by atoms with Crippen molar-refractivity contribution in [1.29, 1.82) is 0 Å². The lowest BCUT2D eigenvalue weighted by atomic mass is 9.52. The average molecular weight is 350 g/mol. The Balaban J connectivity index is 1.59. The van der Waals surface area contributed by atoms with Crippen LogP contribution >= 0.6 is 0 Å². The molecule has 4 nitrogen and oxygen atoms in total. The first-order valence-electron chi connectivity index (χ1n) is 10.0. The number of H-pyrrole nitrogens is 1. The minimum absolute atomic E-state index is 0.178. The Bertz CT molecular complexity index is 784. The summed E-state index contributed by atoms with van der Waals surface area (Å²) in [5.41, 5.74) is 3.96. The largest absolute Gasteiger partial charge is 0.513 e. The number of nitrogens with zero attached hydrogens (tertiary/aromatic N) is 1. The van der Waals surface area contributed by atoms with Crippen LogP contribution in [0, 0.1) is 6.92 Å². The summed E-state index contributed by atoms with van der Waals surface area (Å²) in [5.74, 6) is 1.03. The predicted molar refractivity (Wildman–Crippen MR) is 114 cm³/mol. The Kier molecular flexibility index (Phi) is 4.64. The second-order valence-electron chi connectivity index (χ2n) is 9.06. The van der Waals surface area contributed by atoms with Crippen molar-refractivity contribution in [2.24, 2.45) is 0 Å². The highest BCUT2D eigenvalue weighted by molar-refractivity contribution is 6.58. The normalized spacial score (nSPS) is 20.8. The molecule has 0 saturated carbocycles. The topological polar surface area (TPSA) is 37.5 Å². The van der Waals surface area contributed by atoms with Gasteiger partial charge in [-0.05, 0) is 50.3 Å². The molecule has 0 radical (unpaired) electrons. The van der Waals surface area contributed by atoms with Gasteiger partial charge >= 0.3 is 0 Å². The van der Waals surface area contributed by atoms with Gasteiger partial charge in [-0.2, -0.15) is 0 Å². The minimum atomic E-state index is -0.200. The van der Waals surface area contributed by atoms with Crippen molar-refractivity contribution in [3.8, 4) is 5.75 Å². The van der Waals surface area contributed by atoms with Gasteiger partial charge in [0.05, 0.1) is 5.60 Å². The summed E-state index contributed by atoms with van der Waals surface area (Å²) >= 11 is 0. The predicted octanol–water partition coefficient (Wildman–Crippen LogP) is 0.511. The Morgan fingerprint density at radius 2 is 2.04 bits per heavy atom. The number of hydrogen-bond donors (Lipinski definition) is 1. The van der Waals surface area contributed by atoms with E-state index in [-0.39, 0.29) is 10.9 Å². The van der Waals surface area contributed by atoms with Crippen LogP contribution in [0.4, 0.5) is 0 Å². The molecule has 2 fully saturated rings. The van der Waals surface area contributed by atoms with Gasteiger partial charge in [0, 0.05) is 54.2 Å². The van der Waals surface area contributed by atoms with Crippen LogP contribution in [0.15, 0.2) is 18.3 Å². The molecule has 2 aromatic rings. The smallest absolute Gasteiger partial charge is 0.135 e. The molecule has 0 atom stereocenters. The van der Waals surface area contributed by atoms with E-state index in [1.807, 2.05) is 6.20 Å². The van der Waals surface area contributed by atoms with E-state index in [1.165, 1.54) is 34.9 Å². The maximum atomic E-state index is 6.36. The van der Waals surface area contributed by atoms with Crippen LogP contribution in [0.1, 0.15) is 36.8 Å². The zero-order valence-corrected chi connectivity index (χ0v) is 16.7. The number of nitrogens with one attached hydrogen (secondary N) is 1. The lowest BCUT2D eigenvalue weighted by Gasteiger charge is -2.39. The third kappa shape index (κ3) is 3.56. The molecule has 2 saturated heterocycles. The van der Waals surface area contributed by atoms with Gasteiger partial charge in [0.2, 0.25) is 0 Å². The fourth-order valence-corrected chi connectivity index (χ4v) is 4.51. The standard InChI is InChI=1S/C19H29B3N2O2/c1-13-11-16(26-19(20,21)22)15(14-3-7-23-17(13)14)12-24-8-5-18(6-9-24)4-2-10-25-18/h3,7,11,23H,2,4-6,8-10,12,20-22H2,1H3. The molecule has 1 spiro atoms. The molecular formula is C19H29B3N2O2. The fourth-order valence-electron chi connectivity index (χ4n) is 4.51. The van der Waals surface area contributed by atoms with Crippen LogP contribution in [0.25, 0.3) is 10.9 Å². The summed E-state index contributed by atoms with van der Waals surface area (Å²) in [7, 11) is 6.36. The molecule has 26 heavy (non-hydrogen) atoms. The number of fused-ring (bicyclic) bond motifs is 1. The van der Waals surface area contributed by atoms with E-state index < -0.39 is 0 Å². The van der Waals surface area contributed by atoms with Crippen LogP contribution in [0.3, 0.4) is 0 Å². The molecule has 4 rings (SSSR count). The van der Waals surface area contributed by atoms with E-state index in [0.29, 0.717) is 0 Å². The van der Waals surface area contributed by atoms with Crippen molar-refractivity contribution in [2.45, 2.75) is 50.1 Å². The van der Waals surface area contributed by atoms with Crippen LogP contribution in [0.2, 0.25) is 0 Å². The first-order chi connectivity index (χ1) is 12.4. The molecule has 2 aliphatic heterocycles. The fraction of sp³-hybridized carbons (Fsp3) is 0.579. The van der Waals surface area contributed by atoms with Crippen molar-refractivity contribution >= 4 is 34.4 Å². The number of rotatable bonds is 4. The number of piperidine rings is 1. The van der Waals surface area contributed by atoms with E-state index in [0.717, 1.165) is 44.8 Å². The number of aryl methyl sites for hydroxylation is 1. The molecule has 1 N–H and O–H groups in total. The number of hydrogen-bond acceptors (Lipinski definition) is 3. The van der Waals surface area contributed by atoms with E-state index in [9.17, 15) is 0 Å². The molecule has 2 aliphatic rings. The van der Waals surface area contributed by atoms with Crippen LogP contribution in [-0.2, 0) is 11.3 Å². The Labute approximate surface area is 159 Å². The molecular weight excluding hydrogens is 321 g/mol. The van der Waals surface area contributed by atoms with Gasteiger partial charge in [-0.25, -0.2) is 0 Å². The van der Waals surface area contributed by atoms with Crippen LogP contribution < -0.4 is 4.74 Å². The van der Waals surface area contributed by atoms with Gasteiger partial charge in [0.15, 0.2) is 0 Å².